The molecule has 0 aliphatic heterocycles. The average molecular weight is 221 g/mol. The molecule has 0 amide bonds. The van der Waals surface area contributed by atoms with Crippen molar-refractivity contribution in [3.8, 4) is 11.8 Å². The van der Waals surface area contributed by atoms with Gasteiger partial charge in [-0.3, -0.25) is 0 Å². The fourth-order valence-corrected chi connectivity index (χ4v) is 1.04. The van der Waals surface area contributed by atoms with E-state index in [1.807, 2.05) is 0 Å². The minimum atomic E-state index is -0.451. The molecule has 0 fully saturated rings. The summed E-state index contributed by atoms with van der Waals surface area (Å²) < 4.78 is 4.56. The van der Waals surface area contributed by atoms with E-state index in [1.165, 1.54) is 7.11 Å². The van der Waals surface area contributed by atoms with Gasteiger partial charge in [-0.1, -0.05) is 12.0 Å². The maximum atomic E-state index is 11.2. The lowest BCUT2D eigenvalue weighted by molar-refractivity contribution is 0.0594. The van der Waals surface area contributed by atoms with Gasteiger partial charge < -0.3 is 4.74 Å². The summed E-state index contributed by atoms with van der Waals surface area (Å²) in [6.07, 6.45) is 0.702. The SMILES string of the molecule is COC(=O)c1cccc(C#CCCS)n1. The zero-order valence-electron chi connectivity index (χ0n) is 8.36. The molecule has 15 heavy (non-hydrogen) atoms. The minimum Gasteiger partial charge on any atom is -0.464 e. The van der Waals surface area contributed by atoms with Crippen LogP contribution in [0.15, 0.2) is 18.2 Å². The Bertz CT molecular complexity index is 407. The summed E-state index contributed by atoms with van der Waals surface area (Å²) in [5.74, 6) is 6.00. The summed E-state index contributed by atoms with van der Waals surface area (Å²) in [5.41, 5.74) is 0.842. The number of methoxy groups -OCH3 is 1. The van der Waals surface area contributed by atoms with E-state index in [0.29, 0.717) is 17.9 Å². The first-order valence-electron chi connectivity index (χ1n) is 4.43. The zero-order valence-corrected chi connectivity index (χ0v) is 9.25. The van der Waals surface area contributed by atoms with Crippen LogP contribution in [0.5, 0.6) is 0 Å². The van der Waals surface area contributed by atoms with Gasteiger partial charge in [-0.05, 0) is 18.1 Å². The molecule has 78 valence electrons. The summed E-state index contributed by atoms with van der Waals surface area (Å²) in [4.78, 5) is 15.2. The fourth-order valence-electron chi connectivity index (χ4n) is 0.932. The van der Waals surface area contributed by atoms with Gasteiger partial charge in [0.2, 0.25) is 0 Å². The number of aromatic nitrogens is 1. The van der Waals surface area contributed by atoms with E-state index < -0.39 is 5.97 Å². The summed E-state index contributed by atoms with van der Waals surface area (Å²) >= 11 is 4.04. The Morgan fingerprint density at radius 3 is 3.07 bits per heavy atom. The van der Waals surface area contributed by atoms with Crippen molar-refractivity contribution in [3.05, 3.63) is 29.6 Å². The van der Waals surface area contributed by atoms with E-state index in [9.17, 15) is 4.79 Å². The summed E-state index contributed by atoms with van der Waals surface area (Å²) in [7, 11) is 1.32. The Morgan fingerprint density at radius 1 is 1.60 bits per heavy atom. The van der Waals surface area contributed by atoms with Crippen LogP contribution >= 0.6 is 12.6 Å². The van der Waals surface area contributed by atoms with Crippen molar-refractivity contribution in [2.24, 2.45) is 0 Å². The third-order valence-electron chi connectivity index (χ3n) is 1.60. The van der Waals surface area contributed by atoms with Crippen molar-refractivity contribution in [1.29, 1.82) is 0 Å². The number of pyridine rings is 1. The maximum absolute atomic E-state index is 11.2. The Morgan fingerprint density at radius 2 is 2.40 bits per heavy atom. The first-order chi connectivity index (χ1) is 7.27. The third kappa shape index (κ3) is 3.64. The second-order valence-electron chi connectivity index (χ2n) is 2.68. The maximum Gasteiger partial charge on any atom is 0.356 e. The highest BCUT2D eigenvalue weighted by molar-refractivity contribution is 7.80. The van der Waals surface area contributed by atoms with Crippen molar-refractivity contribution in [2.75, 3.05) is 12.9 Å². The highest BCUT2D eigenvalue weighted by Crippen LogP contribution is 1.99. The third-order valence-corrected chi connectivity index (χ3v) is 1.82. The van der Waals surface area contributed by atoms with E-state index in [-0.39, 0.29) is 5.69 Å². The van der Waals surface area contributed by atoms with E-state index in [0.717, 1.165) is 0 Å². The van der Waals surface area contributed by atoms with Crippen LogP contribution in [0.1, 0.15) is 22.6 Å². The van der Waals surface area contributed by atoms with E-state index in [1.54, 1.807) is 18.2 Å². The standard InChI is InChI=1S/C11H11NO2S/c1-14-11(13)10-7-4-6-9(12-10)5-2-3-8-15/h4,6-7,15H,3,8H2,1H3. The fraction of sp³-hybridized carbons (Fsp3) is 0.273. The minimum absolute atomic E-state index is 0.273. The second kappa shape index (κ2) is 6.10. The largest absolute Gasteiger partial charge is 0.464 e. The number of nitrogens with zero attached hydrogens (tertiary/aromatic N) is 1. The number of rotatable bonds is 2. The van der Waals surface area contributed by atoms with Crippen LogP contribution in [0.3, 0.4) is 0 Å². The van der Waals surface area contributed by atoms with Crippen molar-refractivity contribution >= 4 is 18.6 Å². The van der Waals surface area contributed by atoms with Gasteiger partial charge in [-0.25, -0.2) is 9.78 Å². The average Bonchev–Trinajstić information content (AvgIpc) is 2.29. The van der Waals surface area contributed by atoms with Gasteiger partial charge in [0.15, 0.2) is 0 Å². The van der Waals surface area contributed by atoms with Crippen LogP contribution in [0.25, 0.3) is 0 Å². The molecule has 0 atom stereocenters. The lowest BCUT2D eigenvalue weighted by Gasteiger charge is -1.97. The molecule has 1 heterocycles. The predicted molar refractivity (Wildman–Crippen MR) is 60.9 cm³/mol. The summed E-state index contributed by atoms with van der Waals surface area (Å²) in [6, 6.07) is 5.07. The van der Waals surface area contributed by atoms with Crippen LogP contribution < -0.4 is 0 Å². The molecule has 0 aromatic carbocycles. The van der Waals surface area contributed by atoms with Gasteiger partial charge in [0.1, 0.15) is 11.4 Å². The number of thiol groups is 1. The summed E-state index contributed by atoms with van der Waals surface area (Å²) in [5, 5.41) is 0. The molecule has 4 heteroatoms. The molecule has 0 N–H and O–H groups in total. The van der Waals surface area contributed by atoms with E-state index in [4.69, 9.17) is 0 Å². The van der Waals surface area contributed by atoms with E-state index in [2.05, 4.69) is 34.2 Å². The molecule has 0 saturated heterocycles. The molecule has 1 aromatic rings. The highest BCUT2D eigenvalue weighted by atomic mass is 32.1. The van der Waals surface area contributed by atoms with Crippen molar-refractivity contribution < 1.29 is 9.53 Å². The summed E-state index contributed by atoms with van der Waals surface area (Å²) in [6.45, 7) is 0. The number of carbonyl (C=O) groups excluding carboxylic acids is 1. The van der Waals surface area contributed by atoms with Gasteiger partial charge in [0.25, 0.3) is 0 Å². The number of carbonyl (C=O) groups is 1. The van der Waals surface area contributed by atoms with Crippen LogP contribution in [0.2, 0.25) is 0 Å². The number of hydrogen-bond acceptors (Lipinski definition) is 4. The highest BCUT2D eigenvalue weighted by Gasteiger charge is 2.05. The van der Waals surface area contributed by atoms with Gasteiger partial charge in [-0.2, -0.15) is 12.6 Å². The molecular formula is C11H11NO2S. The van der Waals surface area contributed by atoms with E-state index >= 15 is 0 Å². The molecule has 1 aromatic heterocycles. The molecule has 0 aliphatic carbocycles. The van der Waals surface area contributed by atoms with Gasteiger partial charge in [-0.15, -0.1) is 0 Å². The van der Waals surface area contributed by atoms with Crippen LogP contribution in [0.4, 0.5) is 0 Å². The molecule has 0 saturated carbocycles. The molecule has 0 aliphatic rings. The quantitative estimate of drug-likeness (QED) is 0.468. The Kier molecular flexibility index (Phi) is 4.72. The molecule has 0 bridgehead atoms. The van der Waals surface area contributed by atoms with Gasteiger partial charge in [0.05, 0.1) is 7.11 Å². The first kappa shape index (κ1) is 11.6. The Hall–Kier alpha value is -1.47. The van der Waals surface area contributed by atoms with Gasteiger partial charge in [0, 0.05) is 12.2 Å². The number of ether oxygens (including phenoxy) is 1. The van der Waals surface area contributed by atoms with Crippen LogP contribution in [0, 0.1) is 11.8 Å². The second-order valence-corrected chi connectivity index (χ2v) is 3.12. The van der Waals surface area contributed by atoms with Crippen LogP contribution in [-0.2, 0) is 4.74 Å². The monoisotopic (exact) mass is 221 g/mol. The molecule has 1 rings (SSSR count). The Labute approximate surface area is 94.3 Å². The topological polar surface area (TPSA) is 39.2 Å². The molecular weight excluding hydrogens is 210 g/mol. The smallest absolute Gasteiger partial charge is 0.356 e. The first-order valence-corrected chi connectivity index (χ1v) is 5.06. The zero-order chi connectivity index (χ0) is 11.1. The molecule has 3 nitrogen and oxygen atoms in total. The van der Waals surface area contributed by atoms with Crippen molar-refractivity contribution in [1.82, 2.24) is 4.98 Å². The normalized spacial score (nSPS) is 8.93. The number of esters is 1. The molecule has 0 spiro atoms. The van der Waals surface area contributed by atoms with Gasteiger partial charge >= 0.3 is 5.97 Å². The predicted octanol–water partition coefficient (Wildman–Crippen LogP) is 1.54. The number of hydrogen-bond donors (Lipinski definition) is 1. The molecule has 0 radical (unpaired) electrons. The van der Waals surface area contributed by atoms with Crippen LogP contribution in [-0.4, -0.2) is 23.8 Å². The lowest BCUT2D eigenvalue weighted by Crippen LogP contribution is -2.04. The van der Waals surface area contributed by atoms with Crippen molar-refractivity contribution in [3.63, 3.8) is 0 Å². The van der Waals surface area contributed by atoms with Crippen molar-refractivity contribution in [2.45, 2.75) is 6.42 Å². The Balaban J connectivity index is 2.84. The molecule has 0 unspecified atom stereocenters. The lowest BCUT2D eigenvalue weighted by atomic mass is 10.3.